The predicted molar refractivity (Wildman–Crippen MR) is 99.1 cm³/mol. The number of nitrogens with one attached hydrogen (secondary N) is 1. The minimum Gasteiger partial charge on any atom is -0.321 e. The number of carbonyl (C=O) groups is 1. The van der Waals surface area contributed by atoms with Crippen LogP contribution in [0.5, 0.6) is 0 Å². The number of carbonyl (C=O) groups excluding carboxylic acids is 1. The van der Waals surface area contributed by atoms with E-state index in [1.807, 2.05) is 17.5 Å². The lowest BCUT2D eigenvalue weighted by atomic mass is 10.1. The van der Waals surface area contributed by atoms with Crippen LogP contribution in [0.4, 0.5) is 18.9 Å². The van der Waals surface area contributed by atoms with Gasteiger partial charge in [-0.05, 0) is 35.7 Å². The molecule has 0 saturated carbocycles. The van der Waals surface area contributed by atoms with Crippen molar-refractivity contribution >= 4 is 40.3 Å². The molecule has 9 heteroatoms. The van der Waals surface area contributed by atoms with Crippen molar-refractivity contribution in [3.63, 3.8) is 0 Å². The van der Waals surface area contributed by atoms with Gasteiger partial charge in [-0.15, -0.1) is 22.7 Å². The number of nitrogens with zero attached hydrogens (tertiary/aromatic N) is 2. The van der Waals surface area contributed by atoms with Gasteiger partial charge in [-0.25, -0.2) is 4.98 Å². The Morgan fingerprint density at radius 3 is 2.70 bits per heavy atom. The van der Waals surface area contributed by atoms with E-state index in [2.05, 4.69) is 10.3 Å². The van der Waals surface area contributed by atoms with Gasteiger partial charge in [0.2, 0.25) is 0 Å². The van der Waals surface area contributed by atoms with Crippen molar-refractivity contribution < 1.29 is 18.0 Å². The summed E-state index contributed by atoms with van der Waals surface area (Å²) in [6.07, 6.45) is -3.22. The number of aromatic nitrogens is 1. The fourth-order valence-electron chi connectivity index (χ4n) is 2.13. The fourth-order valence-corrected chi connectivity index (χ4v) is 3.73. The van der Waals surface area contributed by atoms with E-state index in [1.165, 1.54) is 40.9 Å². The number of alkyl halides is 3. The van der Waals surface area contributed by atoms with Crippen LogP contribution in [0.25, 0.3) is 16.0 Å². The first-order valence-electron chi connectivity index (χ1n) is 7.46. The molecule has 0 atom stereocenters. The highest BCUT2D eigenvalue weighted by Crippen LogP contribution is 2.31. The number of thiazole rings is 1. The summed E-state index contributed by atoms with van der Waals surface area (Å²) in [7, 11) is 0. The Kier molecular flexibility index (Phi) is 5.39. The van der Waals surface area contributed by atoms with Crippen molar-refractivity contribution in [1.82, 2.24) is 4.98 Å². The average molecular weight is 405 g/mol. The van der Waals surface area contributed by atoms with Gasteiger partial charge in [0.15, 0.2) is 0 Å². The van der Waals surface area contributed by atoms with Crippen molar-refractivity contribution in [2.75, 3.05) is 5.32 Å². The number of thiophene rings is 1. The van der Waals surface area contributed by atoms with Crippen molar-refractivity contribution in [3.05, 3.63) is 64.0 Å². The monoisotopic (exact) mass is 405 g/mol. The molecule has 3 rings (SSSR count). The van der Waals surface area contributed by atoms with E-state index < -0.39 is 17.6 Å². The molecule has 0 unspecified atom stereocenters. The Morgan fingerprint density at radius 2 is 2.04 bits per heavy atom. The summed E-state index contributed by atoms with van der Waals surface area (Å²) in [4.78, 5) is 17.6. The van der Waals surface area contributed by atoms with E-state index in [4.69, 9.17) is 0 Å². The molecule has 2 heterocycles. The minimum atomic E-state index is -4.52. The Morgan fingerprint density at radius 1 is 1.22 bits per heavy atom. The van der Waals surface area contributed by atoms with Gasteiger partial charge in [-0.1, -0.05) is 12.1 Å². The number of hydrogen-bond donors (Lipinski definition) is 1. The second-order valence-corrected chi connectivity index (χ2v) is 7.06. The van der Waals surface area contributed by atoms with Crippen LogP contribution in [0.3, 0.4) is 0 Å². The van der Waals surface area contributed by atoms with E-state index in [0.717, 1.165) is 22.0 Å². The predicted octanol–water partition coefficient (Wildman–Crippen LogP) is 5.44. The van der Waals surface area contributed by atoms with Crippen molar-refractivity contribution in [2.45, 2.75) is 6.18 Å². The van der Waals surface area contributed by atoms with E-state index in [-0.39, 0.29) is 11.3 Å². The fraction of sp³-hybridized carbons (Fsp3) is 0.0556. The number of anilines is 1. The number of hydrogen-bond acceptors (Lipinski definition) is 5. The molecule has 1 amide bonds. The third-order valence-corrected chi connectivity index (χ3v) is 5.26. The number of halogens is 3. The normalized spacial score (nSPS) is 11.9. The molecular formula is C18H10F3N3OS2. The zero-order valence-electron chi connectivity index (χ0n) is 13.4. The van der Waals surface area contributed by atoms with Gasteiger partial charge in [0.25, 0.3) is 5.91 Å². The molecule has 0 aliphatic carbocycles. The zero-order valence-corrected chi connectivity index (χ0v) is 15.1. The first kappa shape index (κ1) is 18.8. The summed E-state index contributed by atoms with van der Waals surface area (Å²) in [6, 6.07) is 9.76. The van der Waals surface area contributed by atoms with Gasteiger partial charge in [0.1, 0.15) is 16.6 Å². The molecule has 2 aromatic heterocycles. The van der Waals surface area contributed by atoms with Gasteiger partial charge in [-0.2, -0.15) is 18.4 Å². The molecule has 0 fully saturated rings. The first-order valence-corrected chi connectivity index (χ1v) is 9.22. The highest BCUT2D eigenvalue weighted by molar-refractivity contribution is 7.20. The molecule has 0 radical (unpaired) electrons. The standard InChI is InChI=1S/C18H10F3N3OS2/c19-18(20,21)12-3-1-4-13(8-12)23-16(25)11(9-22)7-14-10-27-17(24-14)15-5-2-6-26-15/h1-8,10H,(H,23,25)/b11-7+. The lowest BCUT2D eigenvalue weighted by Crippen LogP contribution is -2.14. The summed E-state index contributed by atoms with van der Waals surface area (Å²) < 4.78 is 38.3. The lowest BCUT2D eigenvalue weighted by molar-refractivity contribution is -0.137. The Bertz CT molecular complexity index is 1030. The van der Waals surface area contributed by atoms with Crippen LogP contribution in [-0.4, -0.2) is 10.9 Å². The summed E-state index contributed by atoms with van der Waals surface area (Å²) in [5.41, 5.74) is -0.758. The molecule has 136 valence electrons. The van der Waals surface area contributed by atoms with Gasteiger partial charge in [0.05, 0.1) is 16.1 Å². The Hall–Kier alpha value is -2.96. The molecule has 0 aliphatic heterocycles. The van der Waals surface area contributed by atoms with Crippen LogP contribution in [0.2, 0.25) is 0 Å². The quantitative estimate of drug-likeness (QED) is 0.465. The van der Waals surface area contributed by atoms with Crippen LogP contribution < -0.4 is 5.32 Å². The highest BCUT2D eigenvalue weighted by atomic mass is 32.1. The number of benzene rings is 1. The molecule has 0 aliphatic rings. The Labute approximate surface area is 160 Å². The summed E-state index contributed by atoms with van der Waals surface area (Å²) in [5.74, 6) is -0.803. The second kappa shape index (κ2) is 7.73. The molecule has 0 bridgehead atoms. The first-order chi connectivity index (χ1) is 12.9. The SMILES string of the molecule is N#C/C(=C\c1csc(-c2cccs2)n1)C(=O)Nc1cccc(C(F)(F)F)c1. The van der Waals surface area contributed by atoms with Gasteiger partial charge >= 0.3 is 6.18 Å². The topological polar surface area (TPSA) is 65.8 Å². The summed E-state index contributed by atoms with van der Waals surface area (Å²) in [6.45, 7) is 0. The largest absolute Gasteiger partial charge is 0.416 e. The average Bonchev–Trinajstić information content (AvgIpc) is 3.30. The molecule has 4 nitrogen and oxygen atoms in total. The van der Waals surface area contributed by atoms with Crippen LogP contribution in [-0.2, 0) is 11.0 Å². The smallest absolute Gasteiger partial charge is 0.321 e. The lowest BCUT2D eigenvalue weighted by Gasteiger charge is -2.09. The number of amides is 1. The van der Waals surface area contributed by atoms with Gasteiger partial charge < -0.3 is 5.32 Å². The summed E-state index contributed by atoms with van der Waals surface area (Å²) in [5, 5.41) is 15.9. The Balaban J connectivity index is 1.79. The van der Waals surface area contributed by atoms with Gasteiger partial charge in [-0.3, -0.25) is 4.79 Å². The van der Waals surface area contributed by atoms with Crippen LogP contribution in [0, 0.1) is 11.3 Å². The van der Waals surface area contributed by atoms with E-state index in [0.29, 0.717) is 5.69 Å². The molecule has 27 heavy (non-hydrogen) atoms. The van der Waals surface area contributed by atoms with E-state index in [9.17, 15) is 23.2 Å². The third-order valence-electron chi connectivity index (χ3n) is 3.36. The van der Waals surface area contributed by atoms with E-state index in [1.54, 1.807) is 11.4 Å². The minimum absolute atomic E-state index is 0.0477. The second-order valence-electron chi connectivity index (χ2n) is 5.26. The summed E-state index contributed by atoms with van der Waals surface area (Å²) >= 11 is 2.89. The van der Waals surface area contributed by atoms with Crippen LogP contribution >= 0.6 is 22.7 Å². The van der Waals surface area contributed by atoms with Crippen molar-refractivity contribution in [2.24, 2.45) is 0 Å². The van der Waals surface area contributed by atoms with Crippen molar-refractivity contribution in [3.8, 4) is 16.0 Å². The molecular weight excluding hydrogens is 395 g/mol. The van der Waals surface area contributed by atoms with Gasteiger partial charge in [0, 0.05) is 11.1 Å². The third kappa shape index (κ3) is 4.61. The molecule has 0 saturated heterocycles. The number of nitriles is 1. The molecule has 1 aromatic carbocycles. The molecule has 3 aromatic rings. The zero-order chi connectivity index (χ0) is 19.4. The maximum Gasteiger partial charge on any atom is 0.416 e. The van der Waals surface area contributed by atoms with Crippen LogP contribution in [0.1, 0.15) is 11.3 Å². The molecule has 0 spiro atoms. The maximum atomic E-state index is 12.8. The van der Waals surface area contributed by atoms with Crippen LogP contribution in [0.15, 0.2) is 52.7 Å². The maximum absolute atomic E-state index is 12.8. The number of rotatable bonds is 4. The highest BCUT2D eigenvalue weighted by Gasteiger charge is 2.30. The molecule has 1 N–H and O–H groups in total. The van der Waals surface area contributed by atoms with Crippen molar-refractivity contribution in [1.29, 1.82) is 5.26 Å². The van der Waals surface area contributed by atoms with E-state index >= 15 is 0 Å².